The van der Waals surface area contributed by atoms with Crippen LogP contribution in [0.15, 0.2) is 47.7 Å². The molecule has 5 heteroatoms. The molecule has 18 heavy (non-hydrogen) atoms. The number of hydrogen-bond donors (Lipinski definition) is 2. The molecule has 0 bridgehead atoms. The number of guanidine groups is 1. The van der Waals surface area contributed by atoms with E-state index in [9.17, 15) is 0 Å². The summed E-state index contributed by atoms with van der Waals surface area (Å²) < 4.78 is 1.82. The van der Waals surface area contributed by atoms with Gasteiger partial charge in [-0.2, -0.15) is 5.10 Å². The fourth-order valence-corrected chi connectivity index (χ4v) is 1.53. The Kier molecular flexibility index (Phi) is 3.96. The Bertz CT molecular complexity index is 499. The molecule has 0 spiro atoms. The van der Waals surface area contributed by atoms with Crippen LogP contribution in [0.2, 0.25) is 0 Å². The van der Waals surface area contributed by atoms with E-state index < -0.39 is 0 Å². The number of nitrogens with one attached hydrogen (secondary N) is 1. The van der Waals surface area contributed by atoms with Crippen molar-refractivity contribution in [3.8, 4) is 0 Å². The molecule has 0 aliphatic heterocycles. The molecule has 1 aromatic carbocycles. The number of aromatic nitrogens is 2. The molecule has 0 radical (unpaired) electrons. The Hall–Kier alpha value is -2.30. The molecule has 0 saturated carbocycles. The lowest BCUT2D eigenvalue weighted by Gasteiger charge is -2.05. The lowest BCUT2D eigenvalue weighted by Crippen LogP contribution is -2.23. The number of anilines is 1. The summed E-state index contributed by atoms with van der Waals surface area (Å²) in [5.41, 5.74) is 7.96. The van der Waals surface area contributed by atoms with E-state index in [4.69, 9.17) is 5.73 Å². The highest BCUT2D eigenvalue weighted by Crippen LogP contribution is 2.07. The van der Waals surface area contributed by atoms with Gasteiger partial charge in [0.1, 0.15) is 0 Å². The van der Waals surface area contributed by atoms with Gasteiger partial charge in [0.25, 0.3) is 0 Å². The van der Waals surface area contributed by atoms with Crippen molar-refractivity contribution < 1.29 is 0 Å². The summed E-state index contributed by atoms with van der Waals surface area (Å²) in [5.74, 6) is 0.422. The van der Waals surface area contributed by atoms with E-state index in [0.29, 0.717) is 12.5 Å². The molecule has 0 amide bonds. The molecule has 1 heterocycles. The molecule has 2 aromatic rings. The molecule has 0 atom stereocenters. The second-order valence-corrected chi connectivity index (χ2v) is 4.03. The lowest BCUT2D eigenvalue weighted by atomic mass is 10.2. The summed E-state index contributed by atoms with van der Waals surface area (Å²) in [6.45, 7) is 3.38. The van der Waals surface area contributed by atoms with Crippen molar-refractivity contribution in [1.29, 1.82) is 0 Å². The Balaban J connectivity index is 1.83. The first-order valence-electron chi connectivity index (χ1n) is 5.85. The van der Waals surface area contributed by atoms with Crippen LogP contribution >= 0.6 is 0 Å². The molecule has 94 valence electrons. The van der Waals surface area contributed by atoms with Crippen LogP contribution in [0.1, 0.15) is 5.56 Å². The Labute approximate surface area is 106 Å². The summed E-state index contributed by atoms with van der Waals surface area (Å²) in [6.07, 6.45) is 3.65. The maximum atomic E-state index is 5.79. The highest BCUT2D eigenvalue weighted by molar-refractivity contribution is 5.92. The van der Waals surface area contributed by atoms with Crippen molar-refractivity contribution in [2.24, 2.45) is 10.7 Å². The zero-order chi connectivity index (χ0) is 12.8. The van der Waals surface area contributed by atoms with Crippen LogP contribution in [0.3, 0.4) is 0 Å². The molecule has 1 aromatic heterocycles. The van der Waals surface area contributed by atoms with Crippen molar-refractivity contribution in [3.63, 3.8) is 0 Å². The van der Waals surface area contributed by atoms with E-state index in [1.54, 1.807) is 6.20 Å². The highest BCUT2D eigenvalue weighted by atomic mass is 15.3. The number of aryl methyl sites for hydroxylation is 1. The minimum atomic E-state index is 0.422. The highest BCUT2D eigenvalue weighted by Gasteiger charge is 1.95. The van der Waals surface area contributed by atoms with Gasteiger partial charge in [0.2, 0.25) is 0 Å². The van der Waals surface area contributed by atoms with Crippen LogP contribution in [0.5, 0.6) is 0 Å². The summed E-state index contributed by atoms with van der Waals surface area (Å²) in [6, 6.07) is 9.90. The van der Waals surface area contributed by atoms with Crippen LogP contribution < -0.4 is 11.1 Å². The Morgan fingerprint density at radius 3 is 2.83 bits per heavy atom. The number of rotatable bonds is 4. The molecular weight excluding hydrogens is 226 g/mol. The summed E-state index contributed by atoms with van der Waals surface area (Å²) in [7, 11) is 0. The average Bonchev–Trinajstić information content (AvgIpc) is 2.85. The molecule has 0 aliphatic carbocycles. The number of aliphatic imine (C=N–C) groups is 1. The van der Waals surface area contributed by atoms with Crippen molar-refractivity contribution in [2.75, 3.05) is 11.9 Å². The van der Waals surface area contributed by atoms with Crippen LogP contribution in [0.4, 0.5) is 5.69 Å². The largest absolute Gasteiger partial charge is 0.370 e. The number of hydrogen-bond acceptors (Lipinski definition) is 2. The number of nitrogens with two attached hydrogens (primary N) is 1. The standard InChI is InChI=1S/C13H17N5/c1-11-3-5-12(6-4-11)17-13(14)15-8-10-18-9-2-7-16-18/h2-7,9H,8,10H2,1H3,(H3,14,15,17). The van der Waals surface area contributed by atoms with Gasteiger partial charge in [-0.3, -0.25) is 9.67 Å². The summed E-state index contributed by atoms with van der Waals surface area (Å²) in [4.78, 5) is 4.24. The van der Waals surface area contributed by atoms with E-state index in [1.165, 1.54) is 5.56 Å². The van der Waals surface area contributed by atoms with Crippen LogP contribution in [0, 0.1) is 6.92 Å². The van der Waals surface area contributed by atoms with Gasteiger partial charge in [-0.05, 0) is 25.1 Å². The number of benzene rings is 1. The van der Waals surface area contributed by atoms with Gasteiger partial charge < -0.3 is 11.1 Å². The molecule has 2 rings (SSSR count). The third-order valence-corrected chi connectivity index (χ3v) is 2.49. The van der Waals surface area contributed by atoms with Crippen molar-refractivity contribution in [2.45, 2.75) is 13.5 Å². The molecule has 0 fully saturated rings. The molecule has 0 aliphatic rings. The molecule has 5 nitrogen and oxygen atoms in total. The smallest absolute Gasteiger partial charge is 0.193 e. The summed E-state index contributed by atoms with van der Waals surface area (Å²) >= 11 is 0. The molecular formula is C13H17N5. The topological polar surface area (TPSA) is 68.2 Å². The SMILES string of the molecule is Cc1ccc(NC(N)=NCCn2cccn2)cc1. The monoisotopic (exact) mass is 243 g/mol. The maximum Gasteiger partial charge on any atom is 0.193 e. The number of nitrogens with zero attached hydrogens (tertiary/aromatic N) is 3. The van der Waals surface area contributed by atoms with Gasteiger partial charge >= 0.3 is 0 Å². The zero-order valence-electron chi connectivity index (χ0n) is 10.4. The van der Waals surface area contributed by atoms with E-state index in [-0.39, 0.29) is 0 Å². The van der Waals surface area contributed by atoms with Crippen molar-refractivity contribution in [1.82, 2.24) is 9.78 Å². The summed E-state index contributed by atoms with van der Waals surface area (Å²) in [5, 5.41) is 7.14. The molecule has 3 N–H and O–H groups in total. The van der Waals surface area contributed by atoms with Crippen molar-refractivity contribution >= 4 is 11.6 Å². The first-order chi connectivity index (χ1) is 8.74. The zero-order valence-corrected chi connectivity index (χ0v) is 10.4. The van der Waals surface area contributed by atoms with Gasteiger partial charge in [0.15, 0.2) is 5.96 Å². The van der Waals surface area contributed by atoms with Gasteiger partial charge in [-0.1, -0.05) is 17.7 Å². The van der Waals surface area contributed by atoms with E-state index >= 15 is 0 Å². The second-order valence-electron chi connectivity index (χ2n) is 4.03. The third kappa shape index (κ3) is 3.62. The quantitative estimate of drug-likeness (QED) is 0.633. The average molecular weight is 243 g/mol. The Morgan fingerprint density at radius 1 is 1.39 bits per heavy atom. The lowest BCUT2D eigenvalue weighted by molar-refractivity contribution is 0.625. The normalized spacial score (nSPS) is 11.5. The van der Waals surface area contributed by atoms with Crippen LogP contribution in [0.25, 0.3) is 0 Å². The fourth-order valence-electron chi connectivity index (χ4n) is 1.53. The maximum absolute atomic E-state index is 5.79. The predicted molar refractivity (Wildman–Crippen MR) is 73.5 cm³/mol. The fraction of sp³-hybridized carbons (Fsp3) is 0.231. The van der Waals surface area contributed by atoms with E-state index in [0.717, 1.165) is 12.2 Å². The first kappa shape index (κ1) is 12.2. The van der Waals surface area contributed by atoms with E-state index in [1.807, 2.05) is 48.1 Å². The third-order valence-electron chi connectivity index (χ3n) is 2.49. The van der Waals surface area contributed by atoms with E-state index in [2.05, 4.69) is 15.4 Å². The Morgan fingerprint density at radius 2 is 2.17 bits per heavy atom. The van der Waals surface area contributed by atoms with Crippen LogP contribution in [-0.4, -0.2) is 22.3 Å². The van der Waals surface area contributed by atoms with Crippen LogP contribution in [-0.2, 0) is 6.54 Å². The van der Waals surface area contributed by atoms with Crippen molar-refractivity contribution in [3.05, 3.63) is 48.3 Å². The predicted octanol–water partition coefficient (Wildman–Crippen LogP) is 1.62. The van der Waals surface area contributed by atoms with Gasteiger partial charge in [0.05, 0.1) is 13.1 Å². The van der Waals surface area contributed by atoms with Gasteiger partial charge in [0, 0.05) is 18.1 Å². The molecule has 0 unspecified atom stereocenters. The second kappa shape index (κ2) is 5.86. The molecule has 0 saturated heterocycles. The van der Waals surface area contributed by atoms with Gasteiger partial charge in [-0.25, -0.2) is 0 Å². The minimum absolute atomic E-state index is 0.422. The van der Waals surface area contributed by atoms with Gasteiger partial charge in [-0.15, -0.1) is 0 Å². The minimum Gasteiger partial charge on any atom is -0.370 e. The first-order valence-corrected chi connectivity index (χ1v) is 5.85.